The van der Waals surface area contributed by atoms with Gasteiger partial charge < -0.3 is 4.90 Å². The molecule has 0 fully saturated rings. The van der Waals surface area contributed by atoms with E-state index in [0.717, 1.165) is 42.7 Å². The van der Waals surface area contributed by atoms with Gasteiger partial charge in [0, 0.05) is 20.6 Å². The lowest BCUT2D eigenvalue weighted by Gasteiger charge is -2.35. The van der Waals surface area contributed by atoms with Crippen LogP contribution in [0.4, 0.5) is 17.1 Å². The summed E-state index contributed by atoms with van der Waals surface area (Å²) >= 11 is 1.73. The first kappa shape index (κ1) is 18.5. The summed E-state index contributed by atoms with van der Waals surface area (Å²) in [6, 6.07) is 35.1. The van der Waals surface area contributed by atoms with E-state index in [-0.39, 0.29) is 0 Å². The fourth-order valence-electron chi connectivity index (χ4n) is 4.51. The Balaban J connectivity index is 1.83. The van der Waals surface area contributed by atoms with Crippen LogP contribution < -0.4 is 4.90 Å². The van der Waals surface area contributed by atoms with Crippen LogP contribution in [0.3, 0.4) is 0 Å². The molecule has 0 N–H and O–H groups in total. The molecule has 1 aliphatic heterocycles. The summed E-state index contributed by atoms with van der Waals surface area (Å²) in [5.74, 6) is 0. The van der Waals surface area contributed by atoms with Crippen LogP contribution in [0.1, 0.15) is 11.1 Å². The van der Waals surface area contributed by atoms with Gasteiger partial charge in [0.2, 0.25) is 0 Å². The molecule has 6 rings (SSSR count). The quantitative estimate of drug-likeness (QED) is 0.271. The molecule has 0 amide bonds. The van der Waals surface area contributed by atoms with Gasteiger partial charge in [0.1, 0.15) is 12.1 Å². The average molecular weight is 426 g/mol. The van der Waals surface area contributed by atoms with Crippen LogP contribution in [0.15, 0.2) is 101 Å². The van der Waals surface area contributed by atoms with Gasteiger partial charge in [-0.15, -0.1) is 0 Å². The molecule has 0 saturated carbocycles. The lowest BCUT2D eigenvalue weighted by molar-refractivity contribution is 1.18. The van der Waals surface area contributed by atoms with Crippen molar-refractivity contribution >= 4 is 50.4 Å². The predicted molar refractivity (Wildman–Crippen MR) is 130 cm³/mol. The fourth-order valence-corrected chi connectivity index (χ4v) is 5.62. The Morgan fingerprint density at radius 1 is 0.531 bits per heavy atom. The third-order valence-corrected chi connectivity index (χ3v) is 6.99. The monoisotopic (exact) mass is 425 g/mol. The second-order valence-electron chi connectivity index (χ2n) is 7.63. The SMILES string of the molecule is N#Cc1cccc(C#N)c1N1c2c(ccc3ccccc23)Sc2ccc3ccccc3c21. The van der Waals surface area contributed by atoms with E-state index in [0.29, 0.717) is 16.8 Å². The lowest BCUT2D eigenvalue weighted by Crippen LogP contribution is -2.18. The minimum atomic E-state index is 0.480. The molecular weight excluding hydrogens is 410 g/mol. The molecule has 0 bridgehead atoms. The van der Waals surface area contributed by atoms with Crippen molar-refractivity contribution in [3.05, 3.63) is 102 Å². The number of anilines is 3. The minimum absolute atomic E-state index is 0.480. The van der Waals surface area contributed by atoms with Crippen LogP contribution in [0, 0.1) is 22.7 Å². The molecule has 0 atom stereocenters. The standard InChI is InChI=1S/C28H15N3S/c29-16-20-8-5-9-21(17-30)26(20)31-27-22-10-3-1-6-18(22)12-14-24(27)32-25-15-13-19-7-2-4-11-23(19)28(25)31/h1-15H. The van der Waals surface area contributed by atoms with Crippen molar-refractivity contribution in [2.45, 2.75) is 9.79 Å². The minimum Gasteiger partial charge on any atom is -0.304 e. The first-order chi connectivity index (χ1) is 15.8. The Bertz CT molecular complexity index is 1520. The van der Waals surface area contributed by atoms with Crippen molar-refractivity contribution in [1.29, 1.82) is 10.5 Å². The summed E-state index contributed by atoms with van der Waals surface area (Å²) in [6.07, 6.45) is 0. The van der Waals surface area contributed by atoms with E-state index in [1.54, 1.807) is 30.0 Å². The van der Waals surface area contributed by atoms with Gasteiger partial charge in [-0.25, -0.2) is 0 Å². The number of nitriles is 2. The normalized spacial score (nSPS) is 12.1. The van der Waals surface area contributed by atoms with E-state index >= 15 is 0 Å². The third kappa shape index (κ3) is 2.61. The highest BCUT2D eigenvalue weighted by Gasteiger charge is 2.31. The van der Waals surface area contributed by atoms with Gasteiger partial charge in [-0.2, -0.15) is 10.5 Å². The Kier molecular flexibility index (Phi) is 4.15. The Morgan fingerprint density at radius 2 is 1.03 bits per heavy atom. The first-order valence-corrected chi connectivity index (χ1v) is 11.1. The topological polar surface area (TPSA) is 50.8 Å². The molecule has 1 aliphatic rings. The van der Waals surface area contributed by atoms with E-state index in [1.807, 2.05) is 24.3 Å². The molecule has 5 aromatic carbocycles. The maximum atomic E-state index is 10.0. The van der Waals surface area contributed by atoms with Crippen LogP contribution >= 0.6 is 11.8 Å². The van der Waals surface area contributed by atoms with Gasteiger partial charge in [-0.3, -0.25) is 0 Å². The van der Waals surface area contributed by atoms with Crippen molar-refractivity contribution in [2.75, 3.05) is 4.90 Å². The van der Waals surface area contributed by atoms with Gasteiger partial charge in [-0.1, -0.05) is 78.5 Å². The molecule has 0 radical (unpaired) electrons. The van der Waals surface area contributed by atoms with E-state index in [2.05, 4.69) is 65.6 Å². The molecular formula is C28H15N3S. The summed E-state index contributed by atoms with van der Waals surface area (Å²) in [4.78, 5) is 4.34. The Morgan fingerprint density at radius 3 is 1.53 bits per heavy atom. The predicted octanol–water partition coefficient (Wildman–Crippen LogP) is 7.67. The van der Waals surface area contributed by atoms with Crippen LogP contribution in [0.5, 0.6) is 0 Å². The number of hydrogen-bond donors (Lipinski definition) is 0. The van der Waals surface area contributed by atoms with E-state index in [9.17, 15) is 10.5 Å². The van der Waals surface area contributed by atoms with Crippen LogP contribution in [0.25, 0.3) is 21.5 Å². The fraction of sp³-hybridized carbons (Fsp3) is 0. The third-order valence-electron chi connectivity index (χ3n) is 5.89. The number of benzene rings is 5. The second kappa shape index (κ2) is 7.17. The summed E-state index contributed by atoms with van der Waals surface area (Å²) in [5, 5.41) is 24.4. The zero-order valence-electron chi connectivity index (χ0n) is 16.9. The Hall–Kier alpha value is -4.25. The number of fused-ring (bicyclic) bond motifs is 6. The lowest BCUT2D eigenvalue weighted by atomic mass is 10.00. The van der Waals surface area contributed by atoms with Crippen molar-refractivity contribution in [3.63, 3.8) is 0 Å². The van der Waals surface area contributed by atoms with Gasteiger partial charge >= 0.3 is 0 Å². The number of para-hydroxylation sites is 1. The molecule has 3 nitrogen and oxygen atoms in total. The number of rotatable bonds is 1. The summed E-state index contributed by atoms with van der Waals surface area (Å²) in [6.45, 7) is 0. The van der Waals surface area contributed by atoms with Crippen molar-refractivity contribution < 1.29 is 0 Å². The highest BCUT2D eigenvalue weighted by atomic mass is 32.2. The molecule has 1 heterocycles. The Labute approximate surface area is 189 Å². The average Bonchev–Trinajstić information content (AvgIpc) is 2.86. The summed E-state index contributed by atoms with van der Waals surface area (Å²) < 4.78 is 0. The first-order valence-electron chi connectivity index (χ1n) is 10.2. The molecule has 0 aromatic heterocycles. The molecule has 0 saturated heterocycles. The maximum absolute atomic E-state index is 10.0. The number of hydrogen-bond acceptors (Lipinski definition) is 4. The van der Waals surface area contributed by atoms with Gasteiger partial charge in [-0.05, 0) is 35.0 Å². The van der Waals surface area contributed by atoms with Crippen LogP contribution in [0.2, 0.25) is 0 Å². The van der Waals surface area contributed by atoms with Crippen molar-refractivity contribution in [3.8, 4) is 12.1 Å². The summed E-state index contributed by atoms with van der Waals surface area (Å²) in [7, 11) is 0. The van der Waals surface area contributed by atoms with Crippen molar-refractivity contribution in [1.82, 2.24) is 0 Å². The van der Waals surface area contributed by atoms with E-state index in [4.69, 9.17) is 0 Å². The molecule has 5 aromatic rings. The highest BCUT2D eigenvalue weighted by molar-refractivity contribution is 7.99. The van der Waals surface area contributed by atoms with Gasteiger partial charge in [0.05, 0.1) is 28.2 Å². The summed E-state index contributed by atoms with van der Waals surface area (Å²) in [5.41, 5.74) is 3.61. The molecule has 32 heavy (non-hydrogen) atoms. The molecule has 148 valence electrons. The zero-order chi connectivity index (χ0) is 21.7. The number of nitrogens with zero attached hydrogens (tertiary/aromatic N) is 3. The van der Waals surface area contributed by atoms with Gasteiger partial charge in [0.25, 0.3) is 0 Å². The van der Waals surface area contributed by atoms with Crippen LogP contribution in [-0.2, 0) is 0 Å². The molecule has 0 unspecified atom stereocenters. The largest absolute Gasteiger partial charge is 0.304 e. The van der Waals surface area contributed by atoms with Crippen LogP contribution in [-0.4, -0.2) is 0 Å². The second-order valence-corrected chi connectivity index (χ2v) is 8.71. The van der Waals surface area contributed by atoms with E-state index < -0.39 is 0 Å². The molecule has 0 spiro atoms. The van der Waals surface area contributed by atoms with E-state index in [1.165, 1.54) is 0 Å². The highest BCUT2D eigenvalue weighted by Crippen LogP contribution is 2.56. The smallest absolute Gasteiger partial charge is 0.101 e. The molecule has 4 heteroatoms. The maximum Gasteiger partial charge on any atom is 0.101 e. The van der Waals surface area contributed by atoms with Gasteiger partial charge in [0.15, 0.2) is 0 Å². The zero-order valence-corrected chi connectivity index (χ0v) is 17.7. The van der Waals surface area contributed by atoms with Crippen molar-refractivity contribution in [2.24, 2.45) is 0 Å². The molecule has 0 aliphatic carbocycles.